The van der Waals surface area contributed by atoms with E-state index in [9.17, 15) is 0 Å². The van der Waals surface area contributed by atoms with Gasteiger partial charge in [-0.25, -0.2) is 0 Å². The van der Waals surface area contributed by atoms with Crippen molar-refractivity contribution in [3.63, 3.8) is 0 Å². The fourth-order valence-corrected chi connectivity index (χ4v) is 1.34. The molecule has 1 heterocycles. The summed E-state index contributed by atoms with van der Waals surface area (Å²) in [5.41, 5.74) is 4.07. The largest absolute Gasteiger partial charge is 0.508 e. The SMILES string of the molecule is Oc1ccc(C2CCON2)cc1. The summed E-state index contributed by atoms with van der Waals surface area (Å²) < 4.78 is 0. The van der Waals surface area contributed by atoms with Gasteiger partial charge in [-0.05, 0) is 24.1 Å². The predicted octanol–water partition coefficient (Wildman–Crippen LogP) is 1.36. The Balaban J connectivity index is 2.17. The molecule has 0 saturated carbocycles. The van der Waals surface area contributed by atoms with Crippen LogP contribution >= 0.6 is 0 Å². The third-order valence-corrected chi connectivity index (χ3v) is 2.03. The number of nitrogens with one attached hydrogen (secondary N) is 1. The Hall–Kier alpha value is -1.06. The Kier molecular flexibility index (Phi) is 1.98. The van der Waals surface area contributed by atoms with Gasteiger partial charge in [-0.3, -0.25) is 0 Å². The van der Waals surface area contributed by atoms with Gasteiger partial charge in [0.25, 0.3) is 0 Å². The fourth-order valence-electron chi connectivity index (χ4n) is 1.34. The molecule has 0 aliphatic carbocycles. The number of phenolic OH excluding ortho intramolecular Hbond substituents is 1. The van der Waals surface area contributed by atoms with Crippen molar-refractivity contribution >= 4 is 0 Å². The Bertz CT molecular complexity index is 252. The van der Waals surface area contributed by atoms with Gasteiger partial charge in [0.05, 0.1) is 12.6 Å². The molecule has 1 saturated heterocycles. The first-order valence-electron chi connectivity index (χ1n) is 4.02. The molecule has 0 spiro atoms. The van der Waals surface area contributed by atoms with Gasteiger partial charge < -0.3 is 9.94 Å². The van der Waals surface area contributed by atoms with Crippen LogP contribution in [-0.2, 0) is 4.84 Å². The van der Waals surface area contributed by atoms with Gasteiger partial charge in [0.1, 0.15) is 5.75 Å². The summed E-state index contributed by atoms with van der Waals surface area (Å²) in [6.07, 6.45) is 0.991. The maximum absolute atomic E-state index is 9.05. The van der Waals surface area contributed by atoms with E-state index < -0.39 is 0 Å². The minimum Gasteiger partial charge on any atom is -0.508 e. The molecule has 0 radical (unpaired) electrons. The highest BCUT2D eigenvalue weighted by atomic mass is 16.7. The van der Waals surface area contributed by atoms with Crippen LogP contribution in [-0.4, -0.2) is 11.7 Å². The molecule has 3 heteroatoms. The normalized spacial score (nSPS) is 22.8. The minimum atomic E-state index is 0.283. The molecular formula is C9H11NO2. The lowest BCUT2D eigenvalue weighted by Crippen LogP contribution is -2.10. The summed E-state index contributed by atoms with van der Waals surface area (Å²) in [6.45, 7) is 0.755. The van der Waals surface area contributed by atoms with E-state index in [1.54, 1.807) is 12.1 Å². The zero-order valence-electron chi connectivity index (χ0n) is 6.66. The van der Waals surface area contributed by atoms with Crippen molar-refractivity contribution in [2.24, 2.45) is 0 Å². The van der Waals surface area contributed by atoms with Crippen molar-refractivity contribution in [1.82, 2.24) is 5.48 Å². The second-order valence-corrected chi connectivity index (χ2v) is 2.90. The third kappa shape index (κ3) is 1.42. The predicted molar refractivity (Wildman–Crippen MR) is 44.6 cm³/mol. The Labute approximate surface area is 70.9 Å². The Morgan fingerprint density at radius 3 is 2.67 bits per heavy atom. The van der Waals surface area contributed by atoms with Crippen LogP contribution in [0.1, 0.15) is 18.0 Å². The maximum atomic E-state index is 9.05. The minimum absolute atomic E-state index is 0.283. The molecule has 0 amide bonds. The molecule has 1 fully saturated rings. The number of hydroxylamine groups is 1. The molecule has 1 aliphatic heterocycles. The summed E-state index contributed by atoms with van der Waals surface area (Å²) in [7, 11) is 0. The second-order valence-electron chi connectivity index (χ2n) is 2.90. The highest BCUT2D eigenvalue weighted by molar-refractivity contribution is 5.28. The fraction of sp³-hybridized carbons (Fsp3) is 0.333. The summed E-state index contributed by atoms with van der Waals surface area (Å²) in [5.74, 6) is 0.303. The van der Waals surface area contributed by atoms with E-state index in [0.717, 1.165) is 18.6 Å². The third-order valence-electron chi connectivity index (χ3n) is 2.03. The van der Waals surface area contributed by atoms with Gasteiger partial charge in [0, 0.05) is 0 Å². The molecule has 1 aromatic carbocycles. The van der Waals surface area contributed by atoms with Crippen LogP contribution in [0.5, 0.6) is 5.75 Å². The molecule has 2 N–H and O–H groups in total. The molecule has 1 atom stereocenters. The summed E-state index contributed by atoms with van der Waals surface area (Å²) in [5, 5.41) is 9.05. The smallest absolute Gasteiger partial charge is 0.115 e. The monoisotopic (exact) mass is 165 g/mol. The number of hydrogen-bond donors (Lipinski definition) is 2. The van der Waals surface area contributed by atoms with E-state index in [0.29, 0.717) is 5.75 Å². The molecule has 0 aromatic heterocycles. The van der Waals surface area contributed by atoms with E-state index in [2.05, 4.69) is 5.48 Å². The Morgan fingerprint density at radius 1 is 1.33 bits per heavy atom. The topological polar surface area (TPSA) is 41.5 Å². The number of rotatable bonds is 1. The lowest BCUT2D eigenvalue weighted by atomic mass is 10.1. The zero-order valence-corrected chi connectivity index (χ0v) is 6.66. The van der Waals surface area contributed by atoms with Gasteiger partial charge in [-0.2, -0.15) is 5.48 Å². The Morgan fingerprint density at radius 2 is 2.08 bits per heavy atom. The van der Waals surface area contributed by atoms with Crippen LogP contribution < -0.4 is 5.48 Å². The van der Waals surface area contributed by atoms with Crippen molar-refractivity contribution in [2.45, 2.75) is 12.5 Å². The quantitative estimate of drug-likeness (QED) is 0.660. The van der Waals surface area contributed by atoms with Gasteiger partial charge in [-0.15, -0.1) is 0 Å². The van der Waals surface area contributed by atoms with Crippen molar-refractivity contribution in [1.29, 1.82) is 0 Å². The molecule has 1 unspecified atom stereocenters. The number of phenols is 1. The van der Waals surface area contributed by atoms with Crippen LogP contribution in [0.15, 0.2) is 24.3 Å². The first-order chi connectivity index (χ1) is 5.86. The number of hydrogen-bond acceptors (Lipinski definition) is 3. The highest BCUT2D eigenvalue weighted by Gasteiger charge is 2.16. The average molecular weight is 165 g/mol. The standard InChI is InChI=1S/C9H11NO2/c11-8-3-1-7(2-4-8)9-5-6-12-10-9/h1-4,9-11H,5-6H2. The zero-order chi connectivity index (χ0) is 8.39. The van der Waals surface area contributed by atoms with E-state index in [1.807, 2.05) is 12.1 Å². The van der Waals surface area contributed by atoms with Crippen molar-refractivity contribution in [2.75, 3.05) is 6.61 Å². The molecule has 1 aromatic rings. The maximum Gasteiger partial charge on any atom is 0.115 e. The lowest BCUT2D eigenvalue weighted by molar-refractivity contribution is 0.0883. The molecule has 2 rings (SSSR count). The van der Waals surface area contributed by atoms with E-state index in [4.69, 9.17) is 9.94 Å². The van der Waals surface area contributed by atoms with Crippen LogP contribution in [0.25, 0.3) is 0 Å². The van der Waals surface area contributed by atoms with E-state index in [-0.39, 0.29) is 6.04 Å². The molecule has 12 heavy (non-hydrogen) atoms. The number of benzene rings is 1. The van der Waals surface area contributed by atoms with Gasteiger partial charge in [0.2, 0.25) is 0 Å². The van der Waals surface area contributed by atoms with Crippen LogP contribution in [0, 0.1) is 0 Å². The van der Waals surface area contributed by atoms with Crippen molar-refractivity contribution < 1.29 is 9.94 Å². The van der Waals surface area contributed by atoms with E-state index >= 15 is 0 Å². The molecule has 3 nitrogen and oxygen atoms in total. The summed E-state index contributed by atoms with van der Waals surface area (Å²) >= 11 is 0. The first kappa shape index (κ1) is 7.58. The molecule has 0 bridgehead atoms. The van der Waals surface area contributed by atoms with Gasteiger partial charge in [0.15, 0.2) is 0 Å². The van der Waals surface area contributed by atoms with Crippen molar-refractivity contribution in [3.8, 4) is 5.75 Å². The van der Waals surface area contributed by atoms with E-state index in [1.165, 1.54) is 0 Å². The highest BCUT2D eigenvalue weighted by Crippen LogP contribution is 2.22. The molecule has 64 valence electrons. The van der Waals surface area contributed by atoms with Crippen molar-refractivity contribution in [3.05, 3.63) is 29.8 Å². The summed E-state index contributed by atoms with van der Waals surface area (Å²) in [4.78, 5) is 5.03. The number of aromatic hydroxyl groups is 1. The summed E-state index contributed by atoms with van der Waals surface area (Å²) in [6, 6.07) is 7.47. The first-order valence-corrected chi connectivity index (χ1v) is 4.02. The van der Waals surface area contributed by atoms with Crippen LogP contribution in [0.3, 0.4) is 0 Å². The van der Waals surface area contributed by atoms with Gasteiger partial charge in [-0.1, -0.05) is 12.1 Å². The lowest BCUT2D eigenvalue weighted by Gasteiger charge is -2.07. The molecular weight excluding hydrogens is 154 g/mol. The van der Waals surface area contributed by atoms with Gasteiger partial charge >= 0.3 is 0 Å². The average Bonchev–Trinajstić information content (AvgIpc) is 2.58. The molecule has 1 aliphatic rings. The van der Waals surface area contributed by atoms with Crippen LogP contribution in [0.2, 0.25) is 0 Å². The van der Waals surface area contributed by atoms with Crippen LogP contribution in [0.4, 0.5) is 0 Å². The second kappa shape index (κ2) is 3.13.